The molecule has 0 aliphatic carbocycles. The summed E-state index contributed by atoms with van der Waals surface area (Å²) in [6.45, 7) is 5.38. The zero-order chi connectivity index (χ0) is 14.5. The molecule has 0 saturated heterocycles. The number of hydrogen-bond donors (Lipinski definition) is 1. The molecule has 3 nitrogen and oxygen atoms in total. The van der Waals surface area contributed by atoms with E-state index in [4.69, 9.17) is 9.15 Å². The smallest absolute Gasteiger partial charge is 0.148 e. The Morgan fingerprint density at radius 3 is 2.70 bits per heavy atom. The third-order valence-corrected chi connectivity index (χ3v) is 3.95. The molecule has 0 spiro atoms. The maximum absolute atomic E-state index is 6.05. The lowest BCUT2D eigenvalue weighted by atomic mass is 10.1. The van der Waals surface area contributed by atoms with Crippen LogP contribution in [0.5, 0.6) is 5.75 Å². The molecule has 1 aromatic heterocycles. The van der Waals surface area contributed by atoms with Crippen LogP contribution in [0.4, 0.5) is 0 Å². The van der Waals surface area contributed by atoms with Crippen molar-refractivity contribution in [2.45, 2.75) is 39.2 Å². The van der Waals surface area contributed by atoms with E-state index in [1.54, 1.807) is 7.11 Å². The van der Waals surface area contributed by atoms with Gasteiger partial charge in [0, 0.05) is 5.39 Å². The number of benzene rings is 1. The topological polar surface area (TPSA) is 34.4 Å². The summed E-state index contributed by atoms with van der Waals surface area (Å²) < 4.78 is 12.3. The van der Waals surface area contributed by atoms with Crippen molar-refractivity contribution in [1.29, 1.82) is 0 Å². The molecule has 2 rings (SSSR count). The zero-order valence-electron chi connectivity index (χ0n) is 12.3. The van der Waals surface area contributed by atoms with Crippen molar-refractivity contribution in [3.05, 3.63) is 28.4 Å². The Hall–Kier alpha value is -1.00. The van der Waals surface area contributed by atoms with Gasteiger partial charge in [0.2, 0.25) is 0 Å². The van der Waals surface area contributed by atoms with E-state index in [-0.39, 0.29) is 6.04 Å². The van der Waals surface area contributed by atoms with Gasteiger partial charge in [-0.25, -0.2) is 0 Å². The first-order valence-corrected chi connectivity index (χ1v) is 7.99. The van der Waals surface area contributed by atoms with Crippen LogP contribution in [0.15, 0.2) is 27.1 Å². The molecule has 1 unspecified atom stereocenters. The Balaban J connectivity index is 2.35. The molecular weight excluding hydrogens is 318 g/mol. The molecule has 0 aliphatic rings. The highest BCUT2D eigenvalue weighted by Gasteiger charge is 2.16. The molecule has 2 aromatic rings. The monoisotopic (exact) mass is 339 g/mol. The van der Waals surface area contributed by atoms with Crippen LogP contribution in [0.3, 0.4) is 0 Å². The van der Waals surface area contributed by atoms with E-state index < -0.39 is 0 Å². The fourth-order valence-electron chi connectivity index (χ4n) is 2.35. The van der Waals surface area contributed by atoms with E-state index in [1.165, 1.54) is 0 Å². The second kappa shape index (κ2) is 7.14. The van der Waals surface area contributed by atoms with Crippen molar-refractivity contribution >= 4 is 26.9 Å². The number of halogens is 1. The lowest BCUT2D eigenvalue weighted by Crippen LogP contribution is -2.21. The Morgan fingerprint density at radius 1 is 1.25 bits per heavy atom. The Bertz CT molecular complexity index is 565. The number of hydrogen-bond acceptors (Lipinski definition) is 3. The van der Waals surface area contributed by atoms with E-state index >= 15 is 0 Å². The average Bonchev–Trinajstić information content (AvgIpc) is 2.87. The molecule has 1 aromatic carbocycles. The van der Waals surface area contributed by atoms with E-state index in [1.807, 2.05) is 12.1 Å². The number of rotatable bonds is 7. The minimum atomic E-state index is 0.283. The van der Waals surface area contributed by atoms with Crippen molar-refractivity contribution in [1.82, 2.24) is 5.32 Å². The average molecular weight is 340 g/mol. The summed E-state index contributed by atoms with van der Waals surface area (Å²) in [7, 11) is 1.68. The van der Waals surface area contributed by atoms with Crippen LogP contribution in [-0.4, -0.2) is 13.7 Å². The quantitative estimate of drug-likeness (QED) is 0.766. The van der Waals surface area contributed by atoms with Gasteiger partial charge in [0.25, 0.3) is 0 Å². The van der Waals surface area contributed by atoms with Gasteiger partial charge in [0.05, 0.1) is 17.6 Å². The summed E-state index contributed by atoms with van der Waals surface area (Å²) in [5, 5.41) is 4.63. The molecular formula is C16H22BrNO2. The van der Waals surface area contributed by atoms with Crippen LogP contribution in [0.1, 0.15) is 44.9 Å². The first-order valence-electron chi connectivity index (χ1n) is 7.20. The van der Waals surface area contributed by atoms with E-state index in [0.717, 1.165) is 52.8 Å². The summed E-state index contributed by atoms with van der Waals surface area (Å²) in [5.41, 5.74) is 0.889. The maximum atomic E-state index is 6.05. The minimum absolute atomic E-state index is 0.283. The van der Waals surface area contributed by atoms with Gasteiger partial charge in [-0.05, 0) is 53.5 Å². The number of furan rings is 1. The van der Waals surface area contributed by atoms with Crippen LogP contribution in [-0.2, 0) is 0 Å². The third kappa shape index (κ3) is 3.36. The summed E-state index contributed by atoms with van der Waals surface area (Å²) in [5.74, 6) is 1.84. The van der Waals surface area contributed by atoms with Crippen molar-refractivity contribution < 1.29 is 9.15 Å². The zero-order valence-corrected chi connectivity index (χ0v) is 13.9. The normalized spacial score (nSPS) is 12.8. The van der Waals surface area contributed by atoms with Gasteiger partial charge in [-0.3, -0.25) is 0 Å². The van der Waals surface area contributed by atoms with Crippen molar-refractivity contribution in [3.8, 4) is 5.75 Å². The molecule has 0 aliphatic heterocycles. The second-order valence-electron chi connectivity index (χ2n) is 4.97. The number of nitrogens with one attached hydrogen (secondary N) is 1. The van der Waals surface area contributed by atoms with Crippen LogP contribution in [0.2, 0.25) is 0 Å². The summed E-state index contributed by atoms with van der Waals surface area (Å²) >= 11 is 3.55. The van der Waals surface area contributed by atoms with E-state index in [0.29, 0.717) is 0 Å². The fraction of sp³-hybridized carbons (Fsp3) is 0.500. The first-order chi connectivity index (χ1) is 9.69. The molecule has 0 bridgehead atoms. The molecule has 1 heterocycles. The Morgan fingerprint density at radius 2 is 2.05 bits per heavy atom. The van der Waals surface area contributed by atoms with Crippen molar-refractivity contribution in [2.75, 3.05) is 13.7 Å². The highest BCUT2D eigenvalue weighted by atomic mass is 79.9. The molecule has 0 radical (unpaired) electrons. The number of ether oxygens (including phenoxy) is 1. The van der Waals surface area contributed by atoms with Gasteiger partial charge in [-0.2, -0.15) is 0 Å². The lowest BCUT2D eigenvalue weighted by Gasteiger charge is -2.14. The van der Waals surface area contributed by atoms with E-state index in [9.17, 15) is 0 Å². The summed E-state index contributed by atoms with van der Waals surface area (Å²) in [6.07, 6.45) is 3.33. The molecule has 1 atom stereocenters. The van der Waals surface area contributed by atoms with Crippen molar-refractivity contribution in [3.63, 3.8) is 0 Å². The minimum Gasteiger partial charge on any atom is -0.497 e. The maximum Gasteiger partial charge on any atom is 0.148 e. The van der Waals surface area contributed by atoms with Crippen LogP contribution in [0.25, 0.3) is 11.0 Å². The van der Waals surface area contributed by atoms with Gasteiger partial charge in [-0.15, -0.1) is 0 Å². The fourth-order valence-corrected chi connectivity index (χ4v) is 2.88. The molecule has 1 N–H and O–H groups in total. The Kier molecular flexibility index (Phi) is 5.49. The van der Waals surface area contributed by atoms with Crippen LogP contribution >= 0.6 is 15.9 Å². The molecule has 110 valence electrons. The van der Waals surface area contributed by atoms with Gasteiger partial charge in [0.1, 0.15) is 17.1 Å². The number of fused-ring (bicyclic) bond motifs is 1. The third-order valence-electron chi connectivity index (χ3n) is 3.36. The summed E-state index contributed by atoms with van der Waals surface area (Å²) in [4.78, 5) is 0. The standard InChI is InChI=1S/C16H22BrNO2/c1-4-6-14(18-7-5-2)15-9-11-8-12(19-3)10-13(17)16(11)20-15/h8-10,14,18H,4-7H2,1-3H3. The summed E-state index contributed by atoms with van der Waals surface area (Å²) in [6, 6.07) is 6.34. The van der Waals surface area contributed by atoms with Crippen molar-refractivity contribution in [2.24, 2.45) is 0 Å². The molecule has 20 heavy (non-hydrogen) atoms. The second-order valence-corrected chi connectivity index (χ2v) is 5.83. The molecule has 0 saturated carbocycles. The Labute approximate surface area is 128 Å². The highest BCUT2D eigenvalue weighted by molar-refractivity contribution is 9.10. The largest absolute Gasteiger partial charge is 0.497 e. The van der Waals surface area contributed by atoms with Crippen LogP contribution in [0, 0.1) is 0 Å². The van der Waals surface area contributed by atoms with Crippen LogP contribution < -0.4 is 10.1 Å². The van der Waals surface area contributed by atoms with E-state index in [2.05, 4.69) is 41.2 Å². The number of methoxy groups -OCH3 is 1. The molecule has 0 fully saturated rings. The lowest BCUT2D eigenvalue weighted by molar-refractivity contribution is 0.406. The predicted octanol–water partition coefficient (Wildman–Crippen LogP) is 5.04. The first kappa shape index (κ1) is 15.4. The van der Waals surface area contributed by atoms with Gasteiger partial charge in [0.15, 0.2) is 0 Å². The predicted molar refractivity (Wildman–Crippen MR) is 86.4 cm³/mol. The molecule has 4 heteroatoms. The molecule has 0 amide bonds. The van der Waals surface area contributed by atoms with Gasteiger partial charge in [-0.1, -0.05) is 20.3 Å². The highest BCUT2D eigenvalue weighted by Crippen LogP contribution is 2.34. The SMILES string of the molecule is CCCNC(CCC)c1cc2cc(OC)cc(Br)c2o1. The van der Waals surface area contributed by atoms with Gasteiger partial charge < -0.3 is 14.5 Å². The van der Waals surface area contributed by atoms with Gasteiger partial charge >= 0.3 is 0 Å².